The predicted octanol–water partition coefficient (Wildman–Crippen LogP) is 4.44. The van der Waals surface area contributed by atoms with Crippen LogP contribution in [0.2, 0.25) is 5.02 Å². The van der Waals surface area contributed by atoms with E-state index in [1.54, 1.807) is 0 Å². The maximum Gasteiger partial charge on any atom is 0.228 e. The zero-order valence-electron chi connectivity index (χ0n) is 14.6. The number of halogens is 3. The van der Waals surface area contributed by atoms with Crippen molar-refractivity contribution in [3.8, 4) is 10.6 Å². The Bertz CT molecular complexity index is 723. The van der Waals surface area contributed by atoms with Gasteiger partial charge >= 0.3 is 0 Å². The summed E-state index contributed by atoms with van der Waals surface area (Å²) in [6, 6.07) is 7.77. The van der Waals surface area contributed by atoms with Crippen molar-refractivity contribution in [2.45, 2.75) is 32.2 Å². The molecule has 4 nitrogen and oxygen atoms in total. The molecule has 2 heterocycles. The van der Waals surface area contributed by atoms with Crippen molar-refractivity contribution < 1.29 is 4.79 Å². The molecule has 1 aromatic heterocycles. The van der Waals surface area contributed by atoms with E-state index in [0.29, 0.717) is 17.4 Å². The number of piperidine rings is 1. The lowest BCUT2D eigenvalue weighted by molar-refractivity contribution is -0.132. The van der Waals surface area contributed by atoms with E-state index in [-0.39, 0.29) is 36.8 Å². The number of carbonyl (C=O) groups excluding carboxylic acids is 1. The lowest BCUT2D eigenvalue weighted by Crippen LogP contribution is -2.45. The number of benzene rings is 1. The molecule has 1 aromatic carbocycles. The molecule has 0 saturated carbocycles. The topological polar surface area (TPSA) is 59.2 Å². The smallest absolute Gasteiger partial charge is 0.228 e. The van der Waals surface area contributed by atoms with E-state index in [2.05, 4.69) is 4.98 Å². The van der Waals surface area contributed by atoms with Crippen LogP contribution in [0.25, 0.3) is 10.6 Å². The van der Waals surface area contributed by atoms with Gasteiger partial charge in [-0.25, -0.2) is 4.98 Å². The average Bonchev–Trinajstić information content (AvgIpc) is 3.03. The fraction of sp³-hybridized carbons (Fsp3) is 0.444. The Balaban J connectivity index is 0.00000169. The second kappa shape index (κ2) is 10.5. The Morgan fingerprint density at radius 3 is 2.85 bits per heavy atom. The van der Waals surface area contributed by atoms with Crippen molar-refractivity contribution in [3.63, 3.8) is 0 Å². The molecule has 0 aliphatic carbocycles. The normalized spacial score (nSPS) is 17.8. The number of aromatic nitrogens is 1. The van der Waals surface area contributed by atoms with Gasteiger partial charge in [0.2, 0.25) is 5.91 Å². The van der Waals surface area contributed by atoms with Gasteiger partial charge in [-0.2, -0.15) is 0 Å². The van der Waals surface area contributed by atoms with Crippen LogP contribution >= 0.6 is 47.8 Å². The van der Waals surface area contributed by atoms with Crippen LogP contribution < -0.4 is 5.73 Å². The zero-order valence-corrected chi connectivity index (χ0v) is 17.8. The van der Waals surface area contributed by atoms with Gasteiger partial charge < -0.3 is 10.6 Å². The van der Waals surface area contributed by atoms with E-state index in [1.165, 1.54) is 11.3 Å². The van der Waals surface area contributed by atoms with Crippen molar-refractivity contribution in [2.75, 3.05) is 13.1 Å². The summed E-state index contributed by atoms with van der Waals surface area (Å²) in [4.78, 5) is 19.1. The number of likely N-dealkylation sites (tertiary alicyclic amines) is 1. The molecule has 2 atom stereocenters. The zero-order chi connectivity index (χ0) is 17.1. The molecular weight excluding hydrogens is 413 g/mol. The van der Waals surface area contributed by atoms with Crippen LogP contribution in [0.15, 0.2) is 29.6 Å². The quantitative estimate of drug-likeness (QED) is 0.771. The Labute approximate surface area is 175 Å². The molecule has 144 valence electrons. The molecule has 1 amide bonds. The first-order chi connectivity index (χ1) is 11.5. The third-order valence-electron chi connectivity index (χ3n) is 4.54. The maximum atomic E-state index is 12.6. The molecule has 0 spiro atoms. The minimum Gasteiger partial charge on any atom is -0.342 e. The van der Waals surface area contributed by atoms with Crippen LogP contribution in [0.3, 0.4) is 0 Å². The van der Waals surface area contributed by atoms with Gasteiger partial charge in [0, 0.05) is 30.1 Å². The molecule has 26 heavy (non-hydrogen) atoms. The number of rotatable bonds is 4. The number of carbonyl (C=O) groups is 1. The molecule has 0 bridgehead atoms. The van der Waals surface area contributed by atoms with E-state index >= 15 is 0 Å². The lowest BCUT2D eigenvalue weighted by atomic mass is 9.92. The highest BCUT2D eigenvalue weighted by molar-refractivity contribution is 7.13. The van der Waals surface area contributed by atoms with Crippen molar-refractivity contribution in [1.82, 2.24) is 9.88 Å². The molecule has 1 saturated heterocycles. The Kier molecular flexibility index (Phi) is 9.34. The standard InChI is InChI=1S/C18H22ClN3OS.2ClH/c1-12(20)13-5-4-8-22(10-13)17(23)9-14-11-24-18(21-14)15-6-2-3-7-16(15)19;;/h2-3,6-7,11-13H,4-5,8-10,20H2,1H3;2*1H. The lowest BCUT2D eigenvalue weighted by Gasteiger charge is -2.34. The number of thiazole rings is 1. The molecule has 1 aliphatic rings. The van der Waals surface area contributed by atoms with Crippen LogP contribution in [0.5, 0.6) is 0 Å². The van der Waals surface area contributed by atoms with Gasteiger partial charge in [-0.15, -0.1) is 36.2 Å². The van der Waals surface area contributed by atoms with Crippen LogP contribution in [-0.4, -0.2) is 34.9 Å². The molecule has 1 fully saturated rings. The first kappa shape index (κ1) is 23.2. The third kappa shape index (κ3) is 5.57. The molecule has 3 rings (SSSR count). The minimum atomic E-state index is 0. The van der Waals surface area contributed by atoms with E-state index in [4.69, 9.17) is 17.3 Å². The van der Waals surface area contributed by atoms with Gasteiger partial charge in [0.25, 0.3) is 0 Å². The average molecular weight is 437 g/mol. The third-order valence-corrected chi connectivity index (χ3v) is 5.80. The Morgan fingerprint density at radius 2 is 2.15 bits per heavy atom. The summed E-state index contributed by atoms with van der Waals surface area (Å²) < 4.78 is 0. The summed E-state index contributed by atoms with van der Waals surface area (Å²) in [5.41, 5.74) is 7.73. The van der Waals surface area contributed by atoms with Crippen molar-refractivity contribution in [2.24, 2.45) is 11.7 Å². The maximum absolute atomic E-state index is 12.6. The van der Waals surface area contributed by atoms with Gasteiger partial charge in [-0.3, -0.25) is 4.79 Å². The van der Waals surface area contributed by atoms with Crippen LogP contribution in [0.4, 0.5) is 0 Å². The second-order valence-electron chi connectivity index (χ2n) is 6.40. The molecule has 0 radical (unpaired) electrons. The summed E-state index contributed by atoms with van der Waals surface area (Å²) in [6.07, 6.45) is 2.47. The number of nitrogens with two attached hydrogens (primary N) is 1. The van der Waals surface area contributed by atoms with Gasteiger partial charge in [-0.1, -0.05) is 29.8 Å². The number of hydrogen-bond donors (Lipinski definition) is 1. The number of nitrogens with zero attached hydrogens (tertiary/aromatic N) is 2. The molecule has 2 unspecified atom stereocenters. The van der Waals surface area contributed by atoms with E-state index in [1.807, 2.05) is 41.5 Å². The summed E-state index contributed by atoms with van der Waals surface area (Å²) in [6.45, 7) is 3.61. The molecule has 2 N–H and O–H groups in total. The van der Waals surface area contributed by atoms with Gasteiger partial charge in [0.15, 0.2) is 0 Å². The predicted molar refractivity (Wildman–Crippen MR) is 114 cm³/mol. The summed E-state index contributed by atoms with van der Waals surface area (Å²) in [5.74, 6) is 0.535. The molecule has 2 aromatic rings. The summed E-state index contributed by atoms with van der Waals surface area (Å²) in [7, 11) is 0. The largest absolute Gasteiger partial charge is 0.342 e. The molecule has 1 aliphatic heterocycles. The van der Waals surface area contributed by atoms with Crippen molar-refractivity contribution in [3.05, 3.63) is 40.4 Å². The SMILES string of the molecule is CC(N)C1CCCN(C(=O)Cc2csc(-c3ccccc3Cl)n2)C1.Cl.Cl. The summed E-state index contributed by atoms with van der Waals surface area (Å²) in [5, 5.41) is 3.49. The first-order valence-corrected chi connectivity index (χ1v) is 9.53. The Morgan fingerprint density at radius 1 is 1.42 bits per heavy atom. The molecular formula is C18H24Cl3N3OS. The minimum absolute atomic E-state index is 0. The van der Waals surface area contributed by atoms with Gasteiger partial charge in [-0.05, 0) is 31.7 Å². The highest BCUT2D eigenvalue weighted by Gasteiger charge is 2.26. The second-order valence-corrected chi connectivity index (χ2v) is 7.67. The van der Waals surface area contributed by atoms with E-state index in [9.17, 15) is 4.79 Å². The van der Waals surface area contributed by atoms with Crippen LogP contribution in [-0.2, 0) is 11.2 Å². The highest BCUT2D eigenvalue weighted by Crippen LogP contribution is 2.30. The van der Waals surface area contributed by atoms with Crippen molar-refractivity contribution >= 4 is 53.7 Å². The fourth-order valence-corrected chi connectivity index (χ4v) is 4.22. The van der Waals surface area contributed by atoms with Crippen LogP contribution in [0, 0.1) is 5.92 Å². The Hall–Kier alpha value is -0.850. The number of amides is 1. The summed E-state index contributed by atoms with van der Waals surface area (Å²) >= 11 is 7.75. The monoisotopic (exact) mass is 435 g/mol. The van der Waals surface area contributed by atoms with Crippen LogP contribution in [0.1, 0.15) is 25.5 Å². The first-order valence-electron chi connectivity index (χ1n) is 8.27. The van der Waals surface area contributed by atoms with Gasteiger partial charge in [0.1, 0.15) is 5.01 Å². The van der Waals surface area contributed by atoms with Gasteiger partial charge in [0.05, 0.1) is 17.1 Å². The van der Waals surface area contributed by atoms with E-state index < -0.39 is 0 Å². The molecule has 8 heteroatoms. The van der Waals surface area contributed by atoms with E-state index in [0.717, 1.165) is 42.2 Å². The fourth-order valence-electron chi connectivity index (χ4n) is 3.08. The number of hydrogen-bond acceptors (Lipinski definition) is 4. The van der Waals surface area contributed by atoms with Crippen molar-refractivity contribution in [1.29, 1.82) is 0 Å². The highest BCUT2D eigenvalue weighted by atomic mass is 35.5.